The average Bonchev–Trinajstić information content (AvgIpc) is 2.60. The van der Waals surface area contributed by atoms with Gasteiger partial charge in [0.05, 0.1) is 15.1 Å². The van der Waals surface area contributed by atoms with E-state index < -0.39 is 31.9 Å². The topological polar surface area (TPSA) is 94.8 Å². The van der Waals surface area contributed by atoms with Gasteiger partial charge in [-0.2, -0.15) is 8.42 Å². The highest BCUT2D eigenvalue weighted by molar-refractivity contribution is 7.87. The molecule has 0 aliphatic carbocycles. The van der Waals surface area contributed by atoms with Gasteiger partial charge in [0.15, 0.2) is 4.75 Å². The van der Waals surface area contributed by atoms with Crippen LogP contribution < -0.4 is 0 Å². The van der Waals surface area contributed by atoms with Crippen LogP contribution in [-0.4, -0.2) is 23.2 Å². The van der Waals surface area contributed by atoms with Gasteiger partial charge in [-0.25, -0.2) is 0 Å². The Bertz CT molecular complexity index is 1190. The molecule has 0 aromatic heterocycles. The van der Waals surface area contributed by atoms with Crippen molar-refractivity contribution in [2.45, 2.75) is 4.75 Å². The zero-order valence-corrected chi connectivity index (χ0v) is 18.1. The second-order valence-electron chi connectivity index (χ2n) is 6.08. The number of aromatic hydroxyl groups is 2. The van der Waals surface area contributed by atoms with Crippen molar-refractivity contribution in [2.24, 2.45) is 0 Å². The van der Waals surface area contributed by atoms with Crippen molar-refractivity contribution in [2.75, 3.05) is 0 Å². The highest BCUT2D eigenvalue weighted by Gasteiger charge is 2.53. The smallest absolute Gasteiger partial charge is 0.283 e. The molecular formula is C19H12Cl4O5S. The lowest BCUT2D eigenvalue weighted by atomic mass is 9.83. The molecule has 0 saturated carbocycles. The van der Waals surface area contributed by atoms with E-state index in [1.54, 1.807) is 0 Å². The second-order valence-corrected chi connectivity index (χ2v) is 9.30. The van der Waals surface area contributed by atoms with E-state index in [2.05, 4.69) is 0 Å². The Kier molecular flexibility index (Phi) is 5.98. The van der Waals surface area contributed by atoms with E-state index in [9.17, 15) is 23.2 Å². The average molecular weight is 494 g/mol. The third-order valence-corrected chi connectivity index (χ3v) is 7.07. The first-order valence-corrected chi connectivity index (χ1v) is 10.8. The van der Waals surface area contributed by atoms with E-state index >= 15 is 0 Å². The van der Waals surface area contributed by atoms with Crippen molar-refractivity contribution in [3.63, 3.8) is 0 Å². The van der Waals surface area contributed by atoms with Crippen LogP contribution in [-0.2, 0) is 14.9 Å². The van der Waals surface area contributed by atoms with Gasteiger partial charge in [-0.3, -0.25) is 4.55 Å². The van der Waals surface area contributed by atoms with Crippen molar-refractivity contribution in [3.8, 4) is 11.5 Å². The molecule has 152 valence electrons. The number of rotatable bonds is 4. The largest absolute Gasteiger partial charge is 0.508 e. The summed E-state index contributed by atoms with van der Waals surface area (Å²) in [7, 11) is -5.14. The van der Waals surface area contributed by atoms with Gasteiger partial charge >= 0.3 is 0 Å². The fourth-order valence-corrected chi connectivity index (χ4v) is 5.57. The Morgan fingerprint density at radius 3 is 1.97 bits per heavy atom. The number of hydrogen-bond donors (Lipinski definition) is 3. The summed E-state index contributed by atoms with van der Waals surface area (Å²) in [4.78, 5) is 0. The van der Waals surface area contributed by atoms with E-state index in [-0.39, 0.29) is 31.2 Å². The van der Waals surface area contributed by atoms with Gasteiger partial charge in [0.1, 0.15) is 11.5 Å². The highest BCUT2D eigenvalue weighted by atomic mass is 35.5. The summed E-state index contributed by atoms with van der Waals surface area (Å²) in [5.41, 5.74) is -0.790. The van der Waals surface area contributed by atoms with Gasteiger partial charge in [0, 0.05) is 16.1 Å². The Hall–Kier alpha value is -1.67. The second kappa shape index (κ2) is 7.87. The number of halogens is 4. The van der Waals surface area contributed by atoms with Crippen LogP contribution >= 0.6 is 46.4 Å². The fraction of sp³-hybridized carbons (Fsp3) is 0.0526. The number of phenols is 2. The van der Waals surface area contributed by atoms with E-state index in [0.29, 0.717) is 0 Å². The molecule has 3 aromatic rings. The molecule has 0 amide bonds. The Morgan fingerprint density at radius 2 is 1.41 bits per heavy atom. The molecule has 0 fully saturated rings. The standard InChI is InChI=1S/C19H12Cl4O5S/c20-11-8-15(23)18(17(25)9-11)19(29(26,27)28,12-3-1-2-4-16(12)24)10-5-6-13(21)14(22)7-10/h1-9,24-25H,(H,26,27,28). The maximum Gasteiger partial charge on any atom is 0.283 e. The van der Waals surface area contributed by atoms with Crippen LogP contribution in [0.3, 0.4) is 0 Å². The lowest BCUT2D eigenvalue weighted by Gasteiger charge is -2.34. The molecule has 1 atom stereocenters. The van der Waals surface area contributed by atoms with Gasteiger partial charge in [0.25, 0.3) is 10.1 Å². The minimum Gasteiger partial charge on any atom is -0.508 e. The lowest BCUT2D eigenvalue weighted by molar-refractivity contribution is 0.428. The van der Waals surface area contributed by atoms with Crippen molar-refractivity contribution < 1.29 is 23.2 Å². The maximum absolute atomic E-state index is 13.0. The fourth-order valence-electron chi connectivity index (χ4n) is 3.25. The predicted octanol–water partition coefficient (Wildman–Crippen LogP) is 5.89. The van der Waals surface area contributed by atoms with Crippen molar-refractivity contribution in [3.05, 3.63) is 91.4 Å². The van der Waals surface area contributed by atoms with Gasteiger partial charge < -0.3 is 10.2 Å². The Labute approximate surface area is 186 Å². The summed E-state index contributed by atoms with van der Waals surface area (Å²) in [6.07, 6.45) is 0. The molecular weight excluding hydrogens is 482 g/mol. The van der Waals surface area contributed by atoms with Gasteiger partial charge in [-0.15, -0.1) is 0 Å². The molecule has 29 heavy (non-hydrogen) atoms. The molecule has 3 rings (SSSR count). The zero-order valence-electron chi connectivity index (χ0n) is 14.3. The summed E-state index contributed by atoms with van der Waals surface area (Å²) < 4.78 is 33.8. The number of benzene rings is 3. The summed E-state index contributed by atoms with van der Waals surface area (Å²) >= 11 is 24.3. The van der Waals surface area contributed by atoms with Crippen molar-refractivity contribution >= 4 is 56.5 Å². The van der Waals surface area contributed by atoms with Gasteiger partial charge in [-0.1, -0.05) is 70.7 Å². The monoisotopic (exact) mass is 492 g/mol. The highest BCUT2D eigenvalue weighted by Crippen LogP contribution is 2.53. The van der Waals surface area contributed by atoms with E-state index in [1.165, 1.54) is 48.5 Å². The summed E-state index contributed by atoms with van der Waals surface area (Å²) in [6, 6.07) is 11.5. The first-order chi connectivity index (χ1) is 13.5. The lowest BCUT2D eigenvalue weighted by Crippen LogP contribution is -2.38. The van der Waals surface area contributed by atoms with Crippen LogP contribution in [0.5, 0.6) is 11.5 Å². The van der Waals surface area contributed by atoms with Crippen LogP contribution in [0.25, 0.3) is 0 Å². The van der Waals surface area contributed by atoms with Crippen molar-refractivity contribution in [1.82, 2.24) is 0 Å². The van der Waals surface area contributed by atoms with Crippen LogP contribution in [0.15, 0.2) is 54.6 Å². The van der Waals surface area contributed by atoms with Crippen LogP contribution in [0.1, 0.15) is 16.7 Å². The van der Waals surface area contributed by atoms with Gasteiger partial charge in [-0.05, 0) is 35.9 Å². The van der Waals surface area contributed by atoms with E-state index in [0.717, 1.165) is 6.07 Å². The zero-order chi connectivity index (χ0) is 21.6. The molecule has 1 unspecified atom stereocenters. The first-order valence-electron chi connectivity index (χ1n) is 7.89. The number of phenolic OH excluding ortho intramolecular Hbond substituents is 2. The quantitative estimate of drug-likeness (QED) is 0.311. The molecule has 0 bridgehead atoms. The minimum absolute atomic E-state index is 0.0165. The van der Waals surface area contributed by atoms with Crippen LogP contribution in [0.2, 0.25) is 20.1 Å². The third-order valence-electron chi connectivity index (χ3n) is 4.38. The Morgan fingerprint density at radius 1 is 0.759 bits per heavy atom. The van der Waals surface area contributed by atoms with Crippen LogP contribution in [0, 0.1) is 0 Å². The van der Waals surface area contributed by atoms with E-state index in [1.807, 2.05) is 0 Å². The summed E-state index contributed by atoms with van der Waals surface area (Å²) in [5.74, 6) is -1.09. The molecule has 0 heterocycles. The first kappa shape index (κ1) is 22.0. The Balaban J connectivity index is 2.63. The van der Waals surface area contributed by atoms with Crippen LogP contribution in [0.4, 0.5) is 0 Å². The minimum atomic E-state index is -5.14. The van der Waals surface area contributed by atoms with E-state index in [4.69, 9.17) is 46.4 Å². The molecule has 0 radical (unpaired) electrons. The normalized spacial score (nSPS) is 13.8. The molecule has 3 aromatic carbocycles. The van der Waals surface area contributed by atoms with Crippen molar-refractivity contribution in [1.29, 1.82) is 0 Å². The maximum atomic E-state index is 13.0. The summed E-state index contributed by atoms with van der Waals surface area (Å²) in [5, 5.41) is 21.0. The number of hydrogen-bond acceptors (Lipinski definition) is 4. The molecule has 3 N–H and O–H groups in total. The predicted molar refractivity (Wildman–Crippen MR) is 114 cm³/mol. The molecule has 10 heteroatoms. The number of para-hydroxylation sites is 1. The SMILES string of the molecule is O=S(=O)(O)C(c1ccc(Cl)c(Cl)c1)(c1ccccc1O)c1c(O)cc(Cl)cc1Cl. The molecule has 0 aliphatic heterocycles. The van der Waals surface area contributed by atoms with Gasteiger partial charge in [0.2, 0.25) is 0 Å². The molecule has 0 aliphatic rings. The third kappa shape index (κ3) is 3.65. The molecule has 0 saturated heterocycles. The molecule has 5 nitrogen and oxygen atoms in total. The molecule has 0 spiro atoms. The summed E-state index contributed by atoms with van der Waals surface area (Å²) in [6.45, 7) is 0.